The second-order valence-corrected chi connectivity index (χ2v) is 5.59. The predicted octanol–water partition coefficient (Wildman–Crippen LogP) is 3.64. The summed E-state index contributed by atoms with van der Waals surface area (Å²) in [6.45, 7) is 9.95. The van der Waals surface area contributed by atoms with Crippen LogP contribution in [0.2, 0.25) is 0 Å². The second-order valence-electron chi connectivity index (χ2n) is 5.59. The first kappa shape index (κ1) is 11.2. The molecule has 0 aliphatic carbocycles. The molecule has 0 spiro atoms. The average molecular weight is 216 g/mol. The summed E-state index contributed by atoms with van der Waals surface area (Å²) in [6, 6.07) is 6.60. The monoisotopic (exact) mass is 216 g/mol. The summed E-state index contributed by atoms with van der Waals surface area (Å²) in [7, 11) is 0. The first-order chi connectivity index (χ1) is 7.49. The van der Waals surface area contributed by atoms with Gasteiger partial charge in [0.1, 0.15) is 0 Å². The molecule has 1 heterocycles. The molecule has 16 heavy (non-hydrogen) atoms. The first-order valence-corrected chi connectivity index (χ1v) is 5.93. The number of aromatic nitrogens is 2. The van der Waals surface area contributed by atoms with E-state index in [-0.39, 0.29) is 0 Å². The second kappa shape index (κ2) is 3.93. The van der Waals surface area contributed by atoms with Gasteiger partial charge in [-0.25, -0.2) is 4.98 Å². The van der Waals surface area contributed by atoms with Crippen molar-refractivity contribution in [2.75, 3.05) is 0 Å². The highest BCUT2D eigenvalue weighted by molar-refractivity contribution is 5.76. The zero-order chi connectivity index (χ0) is 11.8. The average Bonchev–Trinajstić information content (AvgIpc) is 2.57. The predicted molar refractivity (Wildman–Crippen MR) is 68.6 cm³/mol. The van der Waals surface area contributed by atoms with Gasteiger partial charge in [0.05, 0.1) is 17.4 Å². The van der Waals surface area contributed by atoms with Gasteiger partial charge in [0, 0.05) is 6.54 Å². The Labute approximate surface area is 97.3 Å². The normalized spacial score (nSPS) is 12.2. The largest absolute Gasteiger partial charge is 0.331 e. The van der Waals surface area contributed by atoms with E-state index in [2.05, 4.69) is 55.4 Å². The molecule has 0 saturated heterocycles. The summed E-state index contributed by atoms with van der Waals surface area (Å²) in [5, 5.41) is 0. The minimum absolute atomic E-state index is 0.338. The van der Waals surface area contributed by atoms with Crippen LogP contribution in [0, 0.1) is 5.41 Å². The van der Waals surface area contributed by atoms with Gasteiger partial charge < -0.3 is 4.57 Å². The van der Waals surface area contributed by atoms with Gasteiger partial charge in [0.15, 0.2) is 0 Å². The maximum atomic E-state index is 4.39. The van der Waals surface area contributed by atoms with Gasteiger partial charge in [-0.05, 0) is 36.5 Å². The lowest BCUT2D eigenvalue weighted by Gasteiger charge is -2.18. The molecule has 0 unspecified atom stereocenters. The number of benzene rings is 1. The van der Waals surface area contributed by atoms with E-state index >= 15 is 0 Å². The Hall–Kier alpha value is -1.31. The molecule has 2 nitrogen and oxygen atoms in total. The lowest BCUT2D eigenvalue weighted by atomic mass is 9.88. The van der Waals surface area contributed by atoms with Crippen molar-refractivity contribution in [3.8, 4) is 0 Å². The van der Waals surface area contributed by atoms with Crippen molar-refractivity contribution >= 4 is 11.0 Å². The molecule has 1 aromatic carbocycles. The van der Waals surface area contributed by atoms with E-state index in [4.69, 9.17) is 0 Å². The van der Waals surface area contributed by atoms with Gasteiger partial charge in [0.25, 0.3) is 0 Å². The molecule has 1 aromatic heterocycles. The molecule has 0 saturated carbocycles. The highest BCUT2D eigenvalue weighted by atomic mass is 15.0. The Morgan fingerprint density at radius 2 is 2.00 bits per heavy atom. The maximum absolute atomic E-state index is 4.39. The number of imidazole rings is 1. The van der Waals surface area contributed by atoms with E-state index in [1.54, 1.807) is 0 Å². The number of rotatable bonds is 2. The van der Waals surface area contributed by atoms with Crippen LogP contribution in [0.15, 0.2) is 24.5 Å². The van der Waals surface area contributed by atoms with E-state index in [0.717, 1.165) is 18.5 Å². The molecule has 0 bridgehead atoms. The summed E-state index contributed by atoms with van der Waals surface area (Å²) < 4.78 is 2.20. The van der Waals surface area contributed by atoms with E-state index < -0.39 is 0 Å². The summed E-state index contributed by atoms with van der Waals surface area (Å²) in [4.78, 5) is 4.39. The zero-order valence-electron chi connectivity index (χ0n) is 10.6. The van der Waals surface area contributed by atoms with Gasteiger partial charge in [0.2, 0.25) is 0 Å². The fraction of sp³-hybridized carbons (Fsp3) is 0.500. The summed E-state index contributed by atoms with van der Waals surface area (Å²) >= 11 is 0. The molecule has 2 aromatic rings. The minimum Gasteiger partial charge on any atom is -0.331 e. The molecule has 0 aliphatic heterocycles. The van der Waals surface area contributed by atoms with Gasteiger partial charge in [-0.1, -0.05) is 26.8 Å². The van der Waals surface area contributed by atoms with Crippen molar-refractivity contribution in [2.45, 2.75) is 40.7 Å². The van der Waals surface area contributed by atoms with Crippen molar-refractivity contribution in [1.82, 2.24) is 9.55 Å². The van der Waals surface area contributed by atoms with Gasteiger partial charge in [-0.2, -0.15) is 0 Å². The van der Waals surface area contributed by atoms with Crippen molar-refractivity contribution < 1.29 is 0 Å². The quantitative estimate of drug-likeness (QED) is 0.749. The van der Waals surface area contributed by atoms with Crippen molar-refractivity contribution in [3.63, 3.8) is 0 Å². The Morgan fingerprint density at radius 1 is 1.25 bits per heavy atom. The van der Waals surface area contributed by atoms with Crippen LogP contribution in [0.3, 0.4) is 0 Å². The summed E-state index contributed by atoms with van der Waals surface area (Å²) in [5.41, 5.74) is 4.09. The van der Waals surface area contributed by atoms with Crippen molar-refractivity contribution in [3.05, 3.63) is 30.1 Å². The molecule has 0 atom stereocenters. The topological polar surface area (TPSA) is 17.8 Å². The Balaban J connectivity index is 2.42. The fourth-order valence-corrected chi connectivity index (χ4v) is 2.08. The van der Waals surface area contributed by atoms with Crippen molar-refractivity contribution in [1.29, 1.82) is 0 Å². The summed E-state index contributed by atoms with van der Waals surface area (Å²) in [5.74, 6) is 0. The molecule has 86 valence electrons. The third-order valence-corrected chi connectivity index (χ3v) is 2.76. The van der Waals surface area contributed by atoms with E-state index in [1.165, 1.54) is 11.1 Å². The van der Waals surface area contributed by atoms with E-state index in [1.807, 2.05) is 6.33 Å². The van der Waals surface area contributed by atoms with E-state index in [9.17, 15) is 0 Å². The lowest BCUT2D eigenvalue weighted by Crippen LogP contribution is -2.09. The molecule has 0 aliphatic rings. The number of aryl methyl sites for hydroxylation is 1. The highest BCUT2D eigenvalue weighted by Crippen LogP contribution is 2.23. The standard InChI is InChI=1S/C14H20N2/c1-5-16-10-15-12-7-6-11(8-13(12)16)9-14(2,3)4/h6-8,10H,5,9H2,1-4H3. The smallest absolute Gasteiger partial charge is 0.0958 e. The molecular weight excluding hydrogens is 196 g/mol. The SMILES string of the molecule is CCn1cnc2ccc(CC(C)(C)C)cc21. The van der Waals surface area contributed by atoms with Crippen LogP contribution in [0.4, 0.5) is 0 Å². The zero-order valence-corrected chi connectivity index (χ0v) is 10.6. The Kier molecular flexibility index (Phi) is 2.75. The lowest BCUT2D eigenvalue weighted by molar-refractivity contribution is 0.411. The van der Waals surface area contributed by atoms with E-state index in [0.29, 0.717) is 5.41 Å². The van der Waals surface area contributed by atoms with Gasteiger partial charge in [-0.3, -0.25) is 0 Å². The molecule has 0 N–H and O–H groups in total. The molecule has 0 fully saturated rings. The van der Waals surface area contributed by atoms with Crippen LogP contribution in [-0.4, -0.2) is 9.55 Å². The first-order valence-electron chi connectivity index (χ1n) is 5.93. The summed E-state index contributed by atoms with van der Waals surface area (Å²) in [6.07, 6.45) is 3.03. The number of nitrogens with zero attached hydrogens (tertiary/aromatic N) is 2. The number of hydrogen-bond donors (Lipinski definition) is 0. The molecular formula is C14H20N2. The minimum atomic E-state index is 0.338. The van der Waals surface area contributed by atoms with Crippen LogP contribution in [-0.2, 0) is 13.0 Å². The van der Waals surface area contributed by atoms with Gasteiger partial charge >= 0.3 is 0 Å². The van der Waals surface area contributed by atoms with Crippen LogP contribution >= 0.6 is 0 Å². The fourth-order valence-electron chi connectivity index (χ4n) is 2.08. The Morgan fingerprint density at radius 3 is 2.62 bits per heavy atom. The van der Waals surface area contributed by atoms with Gasteiger partial charge in [-0.15, -0.1) is 0 Å². The van der Waals surface area contributed by atoms with Crippen LogP contribution in [0.1, 0.15) is 33.3 Å². The maximum Gasteiger partial charge on any atom is 0.0958 e. The molecule has 0 radical (unpaired) electrons. The molecule has 0 amide bonds. The Bertz CT molecular complexity index is 489. The number of fused-ring (bicyclic) bond motifs is 1. The highest BCUT2D eigenvalue weighted by Gasteiger charge is 2.12. The van der Waals surface area contributed by atoms with Crippen LogP contribution in [0.5, 0.6) is 0 Å². The third-order valence-electron chi connectivity index (χ3n) is 2.76. The van der Waals surface area contributed by atoms with Crippen LogP contribution in [0.25, 0.3) is 11.0 Å². The van der Waals surface area contributed by atoms with Crippen LogP contribution < -0.4 is 0 Å². The number of hydrogen-bond acceptors (Lipinski definition) is 1. The molecule has 2 rings (SSSR count). The van der Waals surface area contributed by atoms with Crippen molar-refractivity contribution in [2.24, 2.45) is 5.41 Å². The third kappa shape index (κ3) is 2.26. The molecule has 2 heteroatoms.